The number of aryl methyl sites for hydroxylation is 1. The van der Waals surface area contributed by atoms with Gasteiger partial charge in [-0.05, 0) is 39.4 Å². The third-order valence-corrected chi connectivity index (χ3v) is 4.68. The topological polar surface area (TPSA) is 41.3 Å². The first-order valence-corrected chi connectivity index (χ1v) is 7.02. The lowest BCUT2D eigenvalue weighted by Crippen LogP contribution is -2.54. The highest BCUT2D eigenvalue weighted by atomic mass is 19.2. The summed E-state index contributed by atoms with van der Waals surface area (Å²) in [6.45, 7) is 1.56. The van der Waals surface area contributed by atoms with Gasteiger partial charge in [0, 0.05) is 11.1 Å². The number of likely N-dealkylation sites (N-methyl/N-ethyl adjacent to an activating group) is 1. The van der Waals surface area contributed by atoms with Crippen LogP contribution in [-0.4, -0.2) is 24.5 Å². The molecule has 0 radical (unpaired) electrons. The lowest BCUT2D eigenvalue weighted by molar-refractivity contribution is 0.102. The Morgan fingerprint density at radius 2 is 1.80 bits per heavy atom. The molecule has 0 saturated heterocycles. The zero-order chi connectivity index (χ0) is 14.9. The molecule has 1 fully saturated rings. The van der Waals surface area contributed by atoms with E-state index in [1.807, 2.05) is 14.1 Å². The van der Waals surface area contributed by atoms with Crippen molar-refractivity contribution in [2.75, 3.05) is 14.1 Å². The van der Waals surface area contributed by atoms with E-state index in [4.69, 9.17) is 5.84 Å². The normalized spacial score (nSPS) is 19.6. The molecular weight excluding hydrogens is 260 g/mol. The van der Waals surface area contributed by atoms with Gasteiger partial charge in [0.1, 0.15) is 0 Å². The quantitative estimate of drug-likeness (QED) is 0.659. The van der Waals surface area contributed by atoms with Gasteiger partial charge in [-0.1, -0.05) is 25.0 Å². The van der Waals surface area contributed by atoms with Crippen LogP contribution in [0.5, 0.6) is 0 Å². The molecule has 0 aliphatic heterocycles. The van der Waals surface area contributed by atoms with Crippen molar-refractivity contribution in [3.05, 3.63) is 34.9 Å². The highest BCUT2D eigenvalue weighted by molar-refractivity contribution is 5.30. The summed E-state index contributed by atoms with van der Waals surface area (Å²) in [6.07, 6.45) is 3.99. The molecule has 1 atom stereocenters. The van der Waals surface area contributed by atoms with Crippen LogP contribution in [0, 0.1) is 18.6 Å². The summed E-state index contributed by atoms with van der Waals surface area (Å²) in [5.41, 5.74) is 3.08. The molecular formula is C15H23F2N3. The number of rotatable bonds is 4. The van der Waals surface area contributed by atoms with Crippen LogP contribution in [0.15, 0.2) is 12.1 Å². The van der Waals surface area contributed by atoms with Gasteiger partial charge in [0.05, 0.1) is 6.04 Å². The Labute approximate surface area is 119 Å². The Kier molecular flexibility index (Phi) is 4.42. The maximum atomic E-state index is 14.3. The zero-order valence-electron chi connectivity index (χ0n) is 12.3. The number of nitrogens with two attached hydrogens (primary N) is 1. The van der Waals surface area contributed by atoms with E-state index in [1.165, 1.54) is 0 Å². The van der Waals surface area contributed by atoms with Crippen LogP contribution >= 0.6 is 0 Å². The summed E-state index contributed by atoms with van der Waals surface area (Å²) < 4.78 is 28.1. The first-order valence-electron chi connectivity index (χ1n) is 7.02. The molecule has 1 unspecified atom stereocenters. The Bertz CT molecular complexity index is 482. The summed E-state index contributed by atoms with van der Waals surface area (Å²) >= 11 is 0. The van der Waals surface area contributed by atoms with Gasteiger partial charge in [-0.25, -0.2) is 8.78 Å². The second kappa shape index (κ2) is 5.76. The van der Waals surface area contributed by atoms with Gasteiger partial charge in [0.2, 0.25) is 0 Å². The number of hydrogen-bond donors (Lipinski definition) is 2. The molecule has 0 spiro atoms. The van der Waals surface area contributed by atoms with E-state index >= 15 is 0 Å². The van der Waals surface area contributed by atoms with Crippen LogP contribution in [0.1, 0.15) is 42.9 Å². The van der Waals surface area contributed by atoms with E-state index in [0.717, 1.165) is 25.7 Å². The fraction of sp³-hybridized carbons (Fsp3) is 0.600. The highest BCUT2D eigenvalue weighted by Gasteiger charge is 2.44. The Balaban J connectivity index is 2.49. The molecule has 20 heavy (non-hydrogen) atoms. The van der Waals surface area contributed by atoms with Crippen LogP contribution < -0.4 is 11.3 Å². The molecule has 1 aromatic carbocycles. The molecule has 0 bridgehead atoms. The highest BCUT2D eigenvalue weighted by Crippen LogP contribution is 2.43. The average molecular weight is 283 g/mol. The molecule has 3 N–H and O–H groups in total. The minimum absolute atomic E-state index is 0.267. The SMILES string of the molecule is Cc1ccc(C(NN)C2(N(C)C)CCCC2)c(F)c1F. The Morgan fingerprint density at radius 1 is 1.20 bits per heavy atom. The van der Waals surface area contributed by atoms with Crippen molar-refractivity contribution in [2.45, 2.75) is 44.2 Å². The summed E-state index contributed by atoms with van der Waals surface area (Å²) in [6, 6.07) is 2.83. The van der Waals surface area contributed by atoms with Crippen molar-refractivity contribution in [2.24, 2.45) is 5.84 Å². The van der Waals surface area contributed by atoms with Crippen molar-refractivity contribution in [3.63, 3.8) is 0 Å². The fourth-order valence-corrected chi connectivity index (χ4v) is 3.40. The summed E-state index contributed by atoms with van der Waals surface area (Å²) in [5, 5.41) is 0. The van der Waals surface area contributed by atoms with Crippen LogP contribution in [0.25, 0.3) is 0 Å². The van der Waals surface area contributed by atoms with Crippen molar-refractivity contribution in [1.29, 1.82) is 0 Å². The van der Waals surface area contributed by atoms with Gasteiger partial charge in [-0.3, -0.25) is 11.3 Å². The molecule has 0 heterocycles. The van der Waals surface area contributed by atoms with Gasteiger partial charge < -0.3 is 4.90 Å². The molecule has 1 aromatic rings. The smallest absolute Gasteiger partial charge is 0.163 e. The van der Waals surface area contributed by atoms with Gasteiger partial charge in [0.15, 0.2) is 11.6 Å². The third kappa shape index (κ3) is 2.34. The Hall–Kier alpha value is -1.04. The monoisotopic (exact) mass is 283 g/mol. The van der Waals surface area contributed by atoms with Crippen molar-refractivity contribution in [1.82, 2.24) is 10.3 Å². The van der Waals surface area contributed by atoms with E-state index in [0.29, 0.717) is 11.1 Å². The van der Waals surface area contributed by atoms with E-state index in [1.54, 1.807) is 19.1 Å². The number of hydrogen-bond acceptors (Lipinski definition) is 3. The van der Waals surface area contributed by atoms with Gasteiger partial charge in [-0.2, -0.15) is 0 Å². The molecule has 112 valence electrons. The average Bonchev–Trinajstić information content (AvgIpc) is 2.90. The predicted molar refractivity (Wildman–Crippen MR) is 76.0 cm³/mol. The van der Waals surface area contributed by atoms with Gasteiger partial charge in [0.25, 0.3) is 0 Å². The minimum Gasteiger partial charge on any atom is -0.302 e. The summed E-state index contributed by atoms with van der Waals surface area (Å²) in [4.78, 5) is 2.09. The first-order chi connectivity index (χ1) is 9.44. The number of benzene rings is 1. The Morgan fingerprint density at radius 3 is 2.30 bits per heavy atom. The zero-order valence-corrected chi connectivity index (χ0v) is 12.3. The second-order valence-electron chi connectivity index (χ2n) is 5.90. The van der Waals surface area contributed by atoms with Crippen LogP contribution in [0.2, 0.25) is 0 Å². The van der Waals surface area contributed by atoms with E-state index < -0.39 is 17.7 Å². The molecule has 1 aliphatic carbocycles. The minimum atomic E-state index is -0.791. The largest absolute Gasteiger partial charge is 0.302 e. The van der Waals surface area contributed by atoms with Crippen molar-refractivity contribution in [3.8, 4) is 0 Å². The summed E-state index contributed by atoms with van der Waals surface area (Å²) in [7, 11) is 3.94. The fourth-order valence-electron chi connectivity index (χ4n) is 3.40. The standard InChI is InChI=1S/C15H23F2N3/c1-10-6-7-11(13(17)12(10)16)14(19-18)15(20(2)3)8-4-5-9-15/h6-7,14,19H,4-5,8-9,18H2,1-3H3. The molecule has 0 aromatic heterocycles. The van der Waals surface area contributed by atoms with Crippen LogP contribution in [-0.2, 0) is 0 Å². The molecule has 1 aliphatic rings. The lowest BCUT2D eigenvalue weighted by atomic mass is 9.82. The van der Waals surface area contributed by atoms with E-state index in [9.17, 15) is 8.78 Å². The molecule has 0 amide bonds. The van der Waals surface area contributed by atoms with Gasteiger partial charge >= 0.3 is 0 Å². The number of nitrogens with zero attached hydrogens (tertiary/aromatic N) is 1. The summed E-state index contributed by atoms with van der Waals surface area (Å²) in [5.74, 6) is 4.13. The number of hydrazine groups is 1. The first kappa shape index (κ1) is 15.4. The maximum absolute atomic E-state index is 14.3. The molecule has 3 nitrogen and oxygen atoms in total. The van der Waals surface area contributed by atoms with Crippen molar-refractivity contribution >= 4 is 0 Å². The van der Waals surface area contributed by atoms with Gasteiger partial charge in [-0.15, -0.1) is 0 Å². The maximum Gasteiger partial charge on any atom is 0.163 e. The second-order valence-corrected chi connectivity index (χ2v) is 5.90. The van der Waals surface area contributed by atoms with Crippen molar-refractivity contribution < 1.29 is 8.78 Å². The van der Waals surface area contributed by atoms with Crippen LogP contribution in [0.4, 0.5) is 8.78 Å². The molecule has 5 heteroatoms. The lowest BCUT2D eigenvalue weighted by Gasteiger charge is -2.43. The predicted octanol–water partition coefficient (Wildman–Crippen LogP) is 2.65. The number of halogens is 2. The van der Waals surface area contributed by atoms with Crippen LogP contribution in [0.3, 0.4) is 0 Å². The third-order valence-electron chi connectivity index (χ3n) is 4.68. The van der Waals surface area contributed by atoms with E-state index in [-0.39, 0.29) is 5.54 Å². The molecule has 2 rings (SSSR count). The molecule has 1 saturated carbocycles. The number of nitrogens with one attached hydrogen (secondary N) is 1. The van der Waals surface area contributed by atoms with E-state index in [2.05, 4.69) is 10.3 Å².